The monoisotopic (exact) mass is 248 g/mol. The maximum absolute atomic E-state index is 5.55. The van der Waals surface area contributed by atoms with E-state index in [0.29, 0.717) is 5.82 Å². The molecule has 1 aromatic rings. The van der Waals surface area contributed by atoms with Gasteiger partial charge >= 0.3 is 0 Å². The van der Waals surface area contributed by atoms with Gasteiger partial charge in [-0.3, -0.25) is 0 Å². The van der Waals surface area contributed by atoms with Gasteiger partial charge in [-0.05, 0) is 44.9 Å². The van der Waals surface area contributed by atoms with Crippen molar-refractivity contribution in [3.05, 3.63) is 18.3 Å². The molecule has 3 N–H and O–H groups in total. The Morgan fingerprint density at radius 1 is 1.44 bits per heavy atom. The highest BCUT2D eigenvalue weighted by atomic mass is 15.2. The third-order valence-corrected chi connectivity index (χ3v) is 3.68. The van der Waals surface area contributed by atoms with Crippen LogP contribution in [-0.2, 0) is 0 Å². The molecule has 0 radical (unpaired) electrons. The summed E-state index contributed by atoms with van der Waals surface area (Å²) < 4.78 is 0. The number of likely N-dealkylation sites (tertiary alicyclic amines) is 1. The summed E-state index contributed by atoms with van der Waals surface area (Å²) in [6.07, 6.45) is 7.08. The van der Waals surface area contributed by atoms with Crippen molar-refractivity contribution in [2.24, 2.45) is 0 Å². The lowest BCUT2D eigenvalue weighted by Gasteiger charge is -2.33. The van der Waals surface area contributed by atoms with Gasteiger partial charge in [-0.15, -0.1) is 0 Å². The number of nitrogens with one attached hydrogen (secondary N) is 1. The molecule has 100 valence electrons. The molecule has 1 saturated heterocycles. The molecule has 0 spiro atoms. The van der Waals surface area contributed by atoms with E-state index in [2.05, 4.69) is 22.1 Å². The van der Waals surface area contributed by atoms with Crippen molar-refractivity contribution < 1.29 is 0 Å². The zero-order valence-electron chi connectivity index (χ0n) is 11.2. The lowest BCUT2D eigenvalue weighted by molar-refractivity contribution is 0.160. The van der Waals surface area contributed by atoms with Crippen LogP contribution < -0.4 is 11.1 Å². The van der Waals surface area contributed by atoms with Crippen LogP contribution in [0.4, 0.5) is 11.5 Å². The number of nitrogen functional groups attached to an aromatic ring is 1. The normalized spacial score (nSPS) is 20.8. The Hall–Kier alpha value is -1.29. The standard InChI is InChI=1S/C14H24N4/c1-12-5-2-3-9-18(12)10-4-8-16-13-6-7-14(15)17-11-13/h6-7,11-12,16H,2-5,8-10H2,1H3,(H2,15,17). The third kappa shape index (κ3) is 3.88. The Labute approximate surface area is 110 Å². The largest absolute Gasteiger partial charge is 0.384 e. The molecule has 1 aliphatic rings. The molecule has 1 unspecified atom stereocenters. The molecule has 1 atom stereocenters. The second-order valence-electron chi connectivity index (χ2n) is 5.13. The van der Waals surface area contributed by atoms with Crippen LogP contribution >= 0.6 is 0 Å². The topological polar surface area (TPSA) is 54.2 Å². The Kier molecular flexibility index (Phi) is 4.81. The predicted molar refractivity (Wildman–Crippen MR) is 76.6 cm³/mol. The Morgan fingerprint density at radius 3 is 3.06 bits per heavy atom. The Bertz CT molecular complexity index is 349. The summed E-state index contributed by atoms with van der Waals surface area (Å²) in [5, 5.41) is 3.38. The number of piperidine rings is 1. The summed E-state index contributed by atoms with van der Waals surface area (Å²) in [6, 6.07) is 4.57. The summed E-state index contributed by atoms with van der Waals surface area (Å²) in [5.74, 6) is 0.572. The zero-order valence-corrected chi connectivity index (χ0v) is 11.2. The lowest BCUT2D eigenvalue weighted by atomic mass is 10.0. The summed E-state index contributed by atoms with van der Waals surface area (Å²) >= 11 is 0. The molecule has 0 amide bonds. The van der Waals surface area contributed by atoms with E-state index in [1.165, 1.54) is 38.8 Å². The average Bonchev–Trinajstić information content (AvgIpc) is 2.39. The molecule has 4 heteroatoms. The first kappa shape index (κ1) is 13.1. The van der Waals surface area contributed by atoms with Gasteiger partial charge in [0, 0.05) is 19.1 Å². The van der Waals surface area contributed by atoms with Gasteiger partial charge < -0.3 is 16.0 Å². The number of aromatic nitrogens is 1. The third-order valence-electron chi connectivity index (χ3n) is 3.68. The van der Waals surface area contributed by atoms with Crippen LogP contribution in [0.5, 0.6) is 0 Å². The molecule has 0 saturated carbocycles. The minimum atomic E-state index is 0.572. The summed E-state index contributed by atoms with van der Waals surface area (Å²) in [4.78, 5) is 6.67. The summed E-state index contributed by atoms with van der Waals surface area (Å²) in [7, 11) is 0. The first-order valence-corrected chi connectivity index (χ1v) is 6.95. The van der Waals surface area contributed by atoms with Gasteiger partial charge in [0.25, 0.3) is 0 Å². The van der Waals surface area contributed by atoms with E-state index in [-0.39, 0.29) is 0 Å². The van der Waals surface area contributed by atoms with E-state index >= 15 is 0 Å². The van der Waals surface area contributed by atoms with Gasteiger partial charge in [-0.25, -0.2) is 4.98 Å². The minimum absolute atomic E-state index is 0.572. The van der Waals surface area contributed by atoms with Gasteiger partial charge in [-0.2, -0.15) is 0 Å². The van der Waals surface area contributed by atoms with Crippen molar-refractivity contribution in [2.45, 2.75) is 38.6 Å². The second kappa shape index (κ2) is 6.59. The van der Waals surface area contributed by atoms with E-state index in [4.69, 9.17) is 5.73 Å². The van der Waals surface area contributed by atoms with Crippen LogP contribution in [0, 0.1) is 0 Å². The van der Waals surface area contributed by atoms with Gasteiger partial charge in [0.15, 0.2) is 0 Å². The molecule has 2 heterocycles. The first-order chi connectivity index (χ1) is 8.75. The highest BCUT2D eigenvalue weighted by Gasteiger charge is 2.16. The molecule has 0 aliphatic carbocycles. The Balaban J connectivity index is 1.65. The molecule has 1 aliphatic heterocycles. The van der Waals surface area contributed by atoms with Crippen LogP contribution in [0.15, 0.2) is 18.3 Å². The molecular formula is C14H24N4. The lowest BCUT2D eigenvalue weighted by Crippen LogP contribution is -2.38. The fourth-order valence-corrected chi connectivity index (χ4v) is 2.51. The van der Waals surface area contributed by atoms with Gasteiger partial charge in [0.2, 0.25) is 0 Å². The molecule has 0 bridgehead atoms. The highest BCUT2D eigenvalue weighted by Crippen LogP contribution is 2.16. The first-order valence-electron chi connectivity index (χ1n) is 6.95. The average molecular weight is 248 g/mol. The quantitative estimate of drug-likeness (QED) is 0.785. The second-order valence-corrected chi connectivity index (χ2v) is 5.13. The summed E-state index contributed by atoms with van der Waals surface area (Å²) in [5.41, 5.74) is 6.60. The van der Waals surface area contributed by atoms with Gasteiger partial charge in [-0.1, -0.05) is 6.42 Å². The Morgan fingerprint density at radius 2 is 2.33 bits per heavy atom. The van der Waals surface area contributed by atoms with Gasteiger partial charge in [0.1, 0.15) is 5.82 Å². The molecule has 4 nitrogen and oxygen atoms in total. The number of pyridine rings is 1. The van der Waals surface area contributed by atoms with Crippen LogP contribution in [0.1, 0.15) is 32.6 Å². The highest BCUT2D eigenvalue weighted by molar-refractivity contribution is 5.45. The molecule has 2 rings (SSSR count). The van der Waals surface area contributed by atoms with Crippen LogP contribution in [0.25, 0.3) is 0 Å². The number of nitrogens with two attached hydrogens (primary N) is 1. The van der Waals surface area contributed by atoms with Crippen molar-refractivity contribution in [1.82, 2.24) is 9.88 Å². The van der Waals surface area contributed by atoms with E-state index in [1.807, 2.05) is 12.1 Å². The van der Waals surface area contributed by atoms with Crippen LogP contribution in [-0.4, -0.2) is 35.6 Å². The van der Waals surface area contributed by atoms with E-state index in [0.717, 1.165) is 18.3 Å². The molecule has 18 heavy (non-hydrogen) atoms. The van der Waals surface area contributed by atoms with Crippen LogP contribution in [0.3, 0.4) is 0 Å². The van der Waals surface area contributed by atoms with Crippen molar-refractivity contribution in [2.75, 3.05) is 30.7 Å². The SMILES string of the molecule is CC1CCCCN1CCCNc1ccc(N)nc1. The van der Waals surface area contributed by atoms with Crippen molar-refractivity contribution in [3.8, 4) is 0 Å². The molecule has 1 fully saturated rings. The van der Waals surface area contributed by atoms with Crippen molar-refractivity contribution in [1.29, 1.82) is 0 Å². The van der Waals surface area contributed by atoms with E-state index in [9.17, 15) is 0 Å². The van der Waals surface area contributed by atoms with E-state index < -0.39 is 0 Å². The van der Waals surface area contributed by atoms with Crippen molar-refractivity contribution >= 4 is 11.5 Å². The zero-order chi connectivity index (χ0) is 12.8. The maximum Gasteiger partial charge on any atom is 0.123 e. The number of rotatable bonds is 5. The molecular weight excluding hydrogens is 224 g/mol. The predicted octanol–water partition coefficient (Wildman–Crippen LogP) is 2.34. The number of nitrogens with zero attached hydrogens (tertiary/aromatic N) is 2. The maximum atomic E-state index is 5.55. The number of anilines is 2. The number of hydrogen-bond acceptors (Lipinski definition) is 4. The minimum Gasteiger partial charge on any atom is -0.384 e. The smallest absolute Gasteiger partial charge is 0.123 e. The fourth-order valence-electron chi connectivity index (χ4n) is 2.51. The number of hydrogen-bond donors (Lipinski definition) is 2. The van der Waals surface area contributed by atoms with Gasteiger partial charge in [0.05, 0.1) is 11.9 Å². The van der Waals surface area contributed by atoms with Crippen LogP contribution in [0.2, 0.25) is 0 Å². The molecule has 0 aromatic carbocycles. The summed E-state index contributed by atoms with van der Waals surface area (Å²) in [6.45, 7) is 5.80. The van der Waals surface area contributed by atoms with Crippen molar-refractivity contribution in [3.63, 3.8) is 0 Å². The molecule has 1 aromatic heterocycles. The fraction of sp³-hybridized carbons (Fsp3) is 0.643. The van der Waals surface area contributed by atoms with E-state index in [1.54, 1.807) is 6.20 Å².